The first-order chi connectivity index (χ1) is 16.1. The topological polar surface area (TPSA) is 190 Å². The third-order valence-electron chi connectivity index (χ3n) is 4.86. The molecule has 0 radical (unpaired) electrons. The number of allylic oxidation sites excluding steroid dienone is 1. The highest BCUT2D eigenvalue weighted by Gasteiger charge is 2.38. The highest BCUT2D eigenvalue weighted by molar-refractivity contribution is 5.93. The molecule has 3 rings (SSSR count). The van der Waals surface area contributed by atoms with Gasteiger partial charge in [-0.3, -0.25) is 4.79 Å². The third kappa shape index (κ3) is 5.89. The summed E-state index contributed by atoms with van der Waals surface area (Å²) in [5.74, 6) is 1.67. The van der Waals surface area contributed by atoms with E-state index in [1.165, 1.54) is 6.26 Å². The number of carboxylic acids is 2. The quantitative estimate of drug-likeness (QED) is 0.184. The third-order valence-corrected chi connectivity index (χ3v) is 4.86. The fourth-order valence-electron chi connectivity index (χ4n) is 3.24. The van der Waals surface area contributed by atoms with Crippen molar-refractivity contribution >= 4 is 29.5 Å². The first-order valence-corrected chi connectivity index (χ1v) is 9.99. The van der Waals surface area contributed by atoms with Gasteiger partial charge in [0.05, 0.1) is 11.9 Å². The van der Waals surface area contributed by atoms with Crippen LogP contribution < -0.4 is 21.8 Å². The Morgan fingerprint density at radius 1 is 1.09 bits per heavy atom. The zero-order valence-corrected chi connectivity index (χ0v) is 18.2. The first-order valence-electron chi connectivity index (χ1n) is 9.99. The highest BCUT2D eigenvalue weighted by Crippen LogP contribution is 2.28. The average molecular weight is 463 g/mol. The number of aliphatic carboxylic acids is 2. The molecule has 0 saturated heterocycles. The molecule has 11 nitrogen and oxygen atoms in total. The number of nitrogens with zero attached hydrogens (tertiary/aromatic N) is 3. The second-order valence-electron chi connectivity index (χ2n) is 7.43. The number of hydrogen-bond acceptors (Lipinski definition) is 4. The molecule has 0 unspecified atom stereocenters. The van der Waals surface area contributed by atoms with E-state index in [0.717, 1.165) is 11.1 Å². The number of ether oxygens (including phenoxy) is 1. The van der Waals surface area contributed by atoms with Gasteiger partial charge in [-0.2, -0.15) is 4.99 Å². The van der Waals surface area contributed by atoms with Gasteiger partial charge < -0.3 is 32.2 Å². The monoisotopic (exact) mass is 463 g/mol. The van der Waals surface area contributed by atoms with Gasteiger partial charge in [0.2, 0.25) is 12.1 Å². The van der Waals surface area contributed by atoms with Crippen LogP contribution in [0.1, 0.15) is 12.0 Å². The van der Waals surface area contributed by atoms with Crippen LogP contribution in [0.2, 0.25) is 0 Å². The SMILES string of the molecule is C[n+]1ccc(-c2ccc(N=C(N)N=C(N)N)cc2C#CC2=CO[C@H](C(=O)O)[C@H](C(=O)O)C2)cc1. The van der Waals surface area contributed by atoms with Gasteiger partial charge in [0, 0.05) is 29.7 Å². The number of aromatic nitrogens is 1. The van der Waals surface area contributed by atoms with E-state index in [1.54, 1.807) is 12.1 Å². The van der Waals surface area contributed by atoms with E-state index in [0.29, 0.717) is 16.8 Å². The van der Waals surface area contributed by atoms with Crippen molar-refractivity contribution in [3.8, 4) is 23.0 Å². The van der Waals surface area contributed by atoms with Crippen LogP contribution >= 0.6 is 0 Å². The molecule has 1 aromatic heterocycles. The summed E-state index contributed by atoms with van der Waals surface area (Å²) in [7, 11) is 1.90. The Labute approximate surface area is 194 Å². The summed E-state index contributed by atoms with van der Waals surface area (Å²) in [4.78, 5) is 30.6. The maximum atomic E-state index is 11.5. The molecule has 0 fully saturated rings. The van der Waals surface area contributed by atoms with E-state index in [-0.39, 0.29) is 18.3 Å². The van der Waals surface area contributed by atoms with Crippen LogP contribution in [0, 0.1) is 17.8 Å². The van der Waals surface area contributed by atoms with E-state index < -0.39 is 24.0 Å². The molecule has 1 aliphatic heterocycles. The predicted octanol–water partition coefficient (Wildman–Crippen LogP) is 0.207. The number of benzene rings is 1. The molecule has 8 N–H and O–H groups in total. The number of hydrogen-bond donors (Lipinski definition) is 5. The summed E-state index contributed by atoms with van der Waals surface area (Å²) < 4.78 is 7.02. The minimum Gasteiger partial charge on any atom is -0.484 e. The average Bonchev–Trinajstić information content (AvgIpc) is 2.77. The Morgan fingerprint density at radius 3 is 2.41 bits per heavy atom. The van der Waals surface area contributed by atoms with Gasteiger partial charge in [-0.25, -0.2) is 14.4 Å². The molecule has 0 spiro atoms. The molecule has 2 aromatic rings. The number of rotatable bonds is 4. The fraction of sp³-hybridized carbons (Fsp3) is 0.174. The second kappa shape index (κ2) is 10.2. The Bertz CT molecular complexity index is 1270. The molecule has 1 aliphatic rings. The lowest BCUT2D eigenvalue weighted by molar-refractivity contribution is -0.671. The first kappa shape index (κ1) is 23.8. The molecule has 1 aromatic carbocycles. The number of pyridine rings is 1. The summed E-state index contributed by atoms with van der Waals surface area (Å²) in [6, 6.07) is 9.05. The van der Waals surface area contributed by atoms with Crippen LogP contribution in [0.25, 0.3) is 11.1 Å². The Hall–Kier alpha value is -4.85. The lowest BCUT2D eigenvalue weighted by Gasteiger charge is -2.24. The van der Waals surface area contributed by atoms with Crippen molar-refractivity contribution in [3.63, 3.8) is 0 Å². The second-order valence-corrected chi connectivity index (χ2v) is 7.43. The summed E-state index contributed by atoms with van der Waals surface area (Å²) >= 11 is 0. The molecule has 174 valence electrons. The van der Waals surface area contributed by atoms with E-state index >= 15 is 0 Å². The maximum Gasteiger partial charge on any atom is 0.345 e. The molecule has 11 heteroatoms. The lowest BCUT2D eigenvalue weighted by atomic mass is 9.92. The minimum absolute atomic E-state index is 0.0783. The predicted molar refractivity (Wildman–Crippen MR) is 123 cm³/mol. The van der Waals surface area contributed by atoms with Crippen molar-refractivity contribution in [3.05, 3.63) is 60.1 Å². The van der Waals surface area contributed by atoms with Crippen LogP contribution in [0.5, 0.6) is 0 Å². The zero-order valence-electron chi connectivity index (χ0n) is 18.2. The van der Waals surface area contributed by atoms with Crippen molar-refractivity contribution in [1.82, 2.24) is 0 Å². The van der Waals surface area contributed by atoms with Crippen molar-refractivity contribution in [2.45, 2.75) is 12.5 Å². The van der Waals surface area contributed by atoms with Gasteiger partial charge in [0.25, 0.3) is 0 Å². The summed E-state index contributed by atoms with van der Waals surface area (Å²) in [5.41, 5.74) is 19.4. The van der Waals surface area contributed by atoms with Crippen LogP contribution in [-0.2, 0) is 21.4 Å². The smallest absolute Gasteiger partial charge is 0.345 e. The number of aliphatic imine (C=N–C) groups is 2. The van der Waals surface area contributed by atoms with E-state index in [9.17, 15) is 19.8 Å². The van der Waals surface area contributed by atoms with E-state index in [1.807, 2.05) is 42.2 Å². The highest BCUT2D eigenvalue weighted by atomic mass is 16.5. The summed E-state index contributed by atoms with van der Waals surface area (Å²) in [5, 5.41) is 18.6. The molecule has 0 amide bonds. The van der Waals surface area contributed by atoms with Crippen molar-refractivity contribution in [2.75, 3.05) is 0 Å². The van der Waals surface area contributed by atoms with Crippen LogP contribution in [0.3, 0.4) is 0 Å². The van der Waals surface area contributed by atoms with E-state index in [4.69, 9.17) is 21.9 Å². The summed E-state index contributed by atoms with van der Waals surface area (Å²) in [6.45, 7) is 0. The maximum absolute atomic E-state index is 11.5. The van der Waals surface area contributed by atoms with Crippen molar-refractivity contribution in [1.29, 1.82) is 0 Å². The number of guanidine groups is 2. The molecule has 0 saturated carbocycles. The molecular weight excluding hydrogens is 440 g/mol. The van der Waals surface area contributed by atoms with Gasteiger partial charge >= 0.3 is 11.9 Å². The Morgan fingerprint density at radius 2 is 1.79 bits per heavy atom. The largest absolute Gasteiger partial charge is 0.484 e. The number of carbonyl (C=O) groups is 2. The van der Waals surface area contributed by atoms with E-state index in [2.05, 4.69) is 21.8 Å². The molecule has 0 bridgehead atoms. The minimum atomic E-state index is -1.47. The van der Waals surface area contributed by atoms with Crippen molar-refractivity contribution < 1.29 is 29.1 Å². The van der Waals surface area contributed by atoms with Gasteiger partial charge in [-0.1, -0.05) is 17.9 Å². The number of nitrogens with two attached hydrogens (primary N) is 3. The van der Waals surface area contributed by atoms with Crippen molar-refractivity contribution in [2.24, 2.45) is 40.2 Å². The zero-order chi connectivity index (χ0) is 24.8. The lowest BCUT2D eigenvalue weighted by Crippen LogP contribution is -2.38. The molecule has 34 heavy (non-hydrogen) atoms. The van der Waals surface area contributed by atoms with Crippen LogP contribution in [0.4, 0.5) is 5.69 Å². The van der Waals surface area contributed by atoms with Gasteiger partial charge in [0.15, 0.2) is 18.4 Å². The van der Waals surface area contributed by atoms with Gasteiger partial charge in [-0.15, -0.1) is 0 Å². The Balaban J connectivity index is 2.03. The normalized spacial score (nSPS) is 17.4. The summed E-state index contributed by atoms with van der Waals surface area (Å²) in [6.07, 6.45) is 3.41. The number of aryl methyl sites for hydroxylation is 1. The van der Waals surface area contributed by atoms with Crippen LogP contribution in [-0.4, -0.2) is 40.2 Å². The molecule has 2 heterocycles. The Kier molecular flexibility index (Phi) is 7.13. The van der Waals surface area contributed by atoms with Gasteiger partial charge in [0.1, 0.15) is 13.0 Å². The number of carboxylic acid groups (broad SMARTS) is 2. The van der Waals surface area contributed by atoms with Crippen LogP contribution in [0.15, 0.2) is 64.5 Å². The molecule has 2 atom stereocenters. The standard InChI is InChI=1S/C23H22N6O5/c1-29-8-6-14(7-9-29)17-5-4-16(27-23(26)28-22(24)25)11-15(17)3-2-13-10-18(20(30)31)19(21(32)33)34-12-13/h4-9,11-12,18-19H,10H2,1H3,(H7,24,25,26,28,30,31,32,33)/p+1/t18-,19+/m1/s1. The molecular formula is C23H23N6O5+. The van der Waals surface area contributed by atoms with Gasteiger partial charge in [-0.05, 0) is 23.3 Å². The fourth-order valence-corrected chi connectivity index (χ4v) is 3.24. The molecule has 0 aliphatic carbocycles.